The average Bonchev–Trinajstić information content (AvgIpc) is 3.31. The molecule has 3 aromatic rings. The molecule has 1 aromatic carbocycles. The third-order valence-electron chi connectivity index (χ3n) is 3.30. The van der Waals surface area contributed by atoms with Crippen molar-refractivity contribution >= 4 is 12.0 Å². The van der Waals surface area contributed by atoms with Gasteiger partial charge in [0.25, 0.3) is 0 Å². The molecule has 0 radical (unpaired) electrons. The Morgan fingerprint density at radius 3 is 2.88 bits per heavy atom. The number of carbonyl (C=O) groups excluding carboxylic acids is 1. The van der Waals surface area contributed by atoms with Gasteiger partial charge in [-0.3, -0.25) is 0 Å². The van der Waals surface area contributed by atoms with Gasteiger partial charge in [0, 0.05) is 17.7 Å². The van der Waals surface area contributed by atoms with E-state index in [-0.39, 0.29) is 6.61 Å². The van der Waals surface area contributed by atoms with Gasteiger partial charge >= 0.3 is 5.97 Å². The SMILES string of the molecule is CCOc1ccccc1/C=C/C(=O)OCc1cc(-c2ccco2)on1. The molecule has 0 amide bonds. The summed E-state index contributed by atoms with van der Waals surface area (Å²) < 4.78 is 21.0. The van der Waals surface area contributed by atoms with Gasteiger partial charge < -0.3 is 18.4 Å². The highest BCUT2D eigenvalue weighted by molar-refractivity contribution is 5.87. The Labute approximate surface area is 144 Å². The molecular weight excluding hydrogens is 322 g/mol. The second-order valence-electron chi connectivity index (χ2n) is 5.07. The van der Waals surface area contributed by atoms with Gasteiger partial charge in [-0.15, -0.1) is 0 Å². The molecule has 0 aliphatic carbocycles. The molecule has 6 nitrogen and oxygen atoms in total. The third-order valence-corrected chi connectivity index (χ3v) is 3.30. The van der Waals surface area contributed by atoms with Crippen molar-refractivity contribution in [3.05, 3.63) is 66.1 Å². The Morgan fingerprint density at radius 1 is 1.20 bits per heavy atom. The van der Waals surface area contributed by atoms with Crippen LogP contribution in [0.25, 0.3) is 17.6 Å². The summed E-state index contributed by atoms with van der Waals surface area (Å²) >= 11 is 0. The van der Waals surface area contributed by atoms with Crippen LogP contribution in [0, 0.1) is 0 Å². The molecule has 0 atom stereocenters. The van der Waals surface area contributed by atoms with Crippen LogP contribution in [0.2, 0.25) is 0 Å². The molecule has 128 valence electrons. The van der Waals surface area contributed by atoms with Crippen LogP contribution in [-0.2, 0) is 16.1 Å². The van der Waals surface area contributed by atoms with E-state index in [9.17, 15) is 4.79 Å². The van der Waals surface area contributed by atoms with Crippen molar-refractivity contribution in [3.8, 4) is 17.3 Å². The first-order valence-corrected chi connectivity index (χ1v) is 7.82. The predicted octanol–water partition coefficient (Wildman–Crippen LogP) is 4.09. The lowest BCUT2D eigenvalue weighted by atomic mass is 10.2. The number of nitrogens with zero attached hydrogens (tertiary/aromatic N) is 1. The second-order valence-corrected chi connectivity index (χ2v) is 5.07. The van der Waals surface area contributed by atoms with Crippen LogP contribution in [0.15, 0.2) is 63.7 Å². The second kappa shape index (κ2) is 8.01. The summed E-state index contributed by atoms with van der Waals surface area (Å²) in [6.45, 7) is 2.48. The summed E-state index contributed by atoms with van der Waals surface area (Å²) in [5.74, 6) is 1.29. The maximum absolute atomic E-state index is 11.9. The number of rotatable bonds is 7. The van der Waals surface area contributed by atoms with E-state index in [0.717, 1.165) is 5.56 Å². The minimum atomic E-state index is -0.478. The van der Waals surface area contributed by atoms with Gasteiger partial charge in [0.05, 0.1) is 12.9 Å². The van der Waals surface area contributed by atoms with Crippen molar-refractivity contribution < 1.29 is 23.2 Å². The summed E-state index contributed by atoms with van der Waals surface area (Å²) in [4.78, 5) is 11.9. The van der Waals surface area contributed by atoms with Crippen molar-refractivity contribution in [2.75, 3.05) is 6.61 Å². The quantitative estimate of drug-likeness (QED) is 0.477. The minimum Gasteiger partial charge on any atom is -0.493 e. The smallest absolute Gasteiger partial charge is 0.331 e. The minimum absolute atomic E-state index is 0.0144. The van der Waals surface area contributed by atoms with Crippen molar-refractivity contribution in [1.29, 1.82) is 0 Å². The van der Waals surface area contributed by atoms with Crippen molar-refractivity contribution in [1.82, 2.24) is 5.16 Å². The Bertz CT molecular complexity index is 848. The molecular formula is C19H17NO5. The van der Waals surface area contributed by atoms with E-state index in [1.54, 1.807) is 30.5 Å². The van der Waals surface area contributed by atoms with E-state index in [1.165, 1.54) is 6.08 Å². The van der Waals surface area contributed by atoms with Gasteiger partial charge in [-0.2, -0.15) is 0 Å². The fourth-order valence-electron chi connectivity index (χ4n) is 2.17. The maximum atomic E-state index is 11.9. The molecule has 0 aliphatic rings. The number of aromatic nitrogens is 1. The van der Waals surface area contributed by atoms with Gasteiger partial charge in [-0.25, -0.2) is 4.79 Å². The van der Waals surface area contributed by atoms with Crippen LogP contribution < -0.4 is 4.74 Å². The number of furan rings is 1. The topological polar surface area (TPSA) is 74.7 Å². The van der Waals surface area contributed by atoms with E-state index < -0.39 is 5.97 Å². The highest BCUT2D eigenvalue weighted by Gasteiger charge is 2.10. The zero-order chi connectivity index (χ0) is 17.5. The van der Waals surface area contributed by atoms with Crippen molar-refractivity contribution in [2.45, 2.75) is 13.5 Å². The number of benzene rings is 1. The molecule has 0 aliphatic heterocycles. The molecule has 25 heavy (non-hydrogen) atoms. The number of para-hydroxylation sites is 1. The van der Waals surface area contributed by atoms with Crippen LogP contribution in [0.1, 0.15) is 18.2 Å². The number of esters is 1. The fraction of sp³-hybridized carbons (Fsp3) is 0.158. The highest BCUT2D eigenvalue weighted by Crippen LogP contribution is 2.21. The average molecular weight is 339 g/mol. The van der Waals surface area contributed by atoms with Crippen molar-refractivity contribution in [2.24, 2.45) is 0 Å². The third kappa shape index (κ3) is 4.38. The molecule has 0 N–H and O–H groups in total. The van der Waals surface area contributed by atoms with Crippen LogP contribution in [0.4, 0.5) is 0 Å². The first-order chi connectivity index (χ1) is 12.3. The molecule has 0 bridgehead atoms. The van der Waals surface area contributed by atoms with Gasteiger partial charge in [-0.05, 0) is 31.2 Å². The van der Waals surface area contributed by atoms with Crippen LogP contribution in [-0.4, -0.2) is 17.7 Å². The molecule has 0 saturated carbocycles. The first-order valence-electron chi connectivity index (χ1n) is 7.82. The first kappa shape index (κ1) is 16.6. The van der Waals surface area contributed by atoms with Gasteiger partial charge in [0.1, 0.15) is 18.1 Å². The maximum Gasteiger partial charge on any atom is 0.331 e. The predicted molar refractivity (Wildman–Crippen MR) is 90.6 cm³/mol. The summed E-state index contributed by atoms with van der Waals surface area (Å²) in [6.07, 6.45) is 4.55. The van der Waals surface area contributed by atoms with E-state index in [1.807, 2.05) is 31.2 Å². The highest BCUT2D eigenvalue weighted by atomic mass is 16.5. The fourth-order valence-corrected chi connectivity index (χ4v) is 2.17. The number of hydrogen-bond acceptors (Lipinski definition) is 6. The van der Waals surface area contributed by atoms with E-state index in [2.05, 4.69) is 5.16 Å². The summed E-state index contributed by atoms with van der Waals surface area (Å²) in [7, 11) is 0. The molecule has 0 saturated heterocycles. The summed E-state index contributed by atoms with van der Waals surface area (Å²) in [6, 6.07) is 12.6. The monoisotopic (exact) mass is 339 g/mol. The number of hydrogen-bond donors (Lipinski definition) is 0. The lowest BCUT2D eigenvalue weighted by Crippen LogP contribution is -2.01. The number of ether oxygens (including phenoxy) is 2. The van der Waals surface area contributed by atoms with Crippen LogP contribution in [0.5, 0.6) is 5.75 Å². The van der Waals surface area contributed by atoms with Crippen LogP contribution >= 0.6 is 0 Å². The molecule has 2 heterocycles. The standard InChI is InChI=1S/C19H17NO5/c1-2-22-16-7-4-3-6-14(16)9-10-19(21)24-13-15-12-18(25-20-15)17-8-5-11-23-17/h3-12H,2,13H2,1H3/b10-9+. The number of carbonyl (C=O) groups is 1. The Balaban J connectivity index is 1.56. The largest absolute Gasteiger partial charge is 0.493 e. The van der Waals surface area contributed by atoms with E-state index in [0.29, 0.717) is 29.6 Å². The zero-order valence-corrected chi connectivity index (χ0v) is 13.7. The molecule has 0 fully saturated rings. The summed E-state index contributed by atoms with van der Waals surface area (Å²) in [5, 5.41) is 3.84. The Morgan fingerprint density at radius 2 is 2.08 bits per heavy atom. The van der Waals surface area contributed by atoms with E-state index >= 15 is 0 Å². The van der Waals surface area contributed by atoms with Crippen molar-refractivity contribution in [3.63, 3.8) is 0 Å². The molecule has 0 unspecified atom stereocenters. The molecule has 0 spiro atoms. The zero-order valence-electron chi connectivity index (χ0n) is 13.7. The molecule has 3 rings (SSSR count). The van der Waals surface area contributed by atoms with Crippen LogP contribution in [0.3, 0.4) is 0 Å². The van der Waals surface area contributed by atoms with E-state index in [4.69, 9.17) is 18.4 Å². The van der Waals surface area contributed by atoms with Gasteiger partial charge in [0.2, 0.25) is 5.76 Å². The molecule has 2 aromatic heterocycles. The van der Waals surface area contributed by atoms with Gasteiger partial charge in [-0.1, -0.05) is 23.4 Å². The normalized spacial score (nSPS) is 10.9. The Hall–Kier alpha value is -3.28. The lowest BCUT2D eigenvalue weighted by molar-refractivity contribution is -0.139. The van der Waals surface area contributed by atoms with Gasteiger partial charge in [0.15, 0.2) is 5.76 Å². The Kier molecular flexibility index (Phi) is 5.31. The molecule has 6 heteroatoms. The lowest BCUT2D eigenvalue weighted by Gasteiger charge is -2.06. The summed E-state index contributed by atoms with van der Waals surface area (Å²) in [5.41, 5.74) is 1.31.